The Balaban J connectivity index is 1.46. The zero-order chi connectivity index (χ0) is 15.4. The second kappa shape index (κ2) is 7.15. The largest absolute Gasteiger partial charge is 0.493 e. The highest BCUT2D eigenvalue weighted by Crippen LogP contribution is 2.38. The van der Waals surface area contributed by atoms with E-state index in [4.69, 9.17) is 4.74 Å². The summed E-state index contributed by atoms with van der Waals surface area (Å²) in [4.78, 5) is 0. The molecule has 0 amide bonds. The van der Waals surface area contributed by atoms with Gasteiger partial charge in [-0.05, 0) is 37.8 Å². The van der Waals surface area contributed by atoms with Crippen LogP contribution in [0, 0.1) is 6.92 Å². The number of aliphatic hydroxyl groups is 1. The summed E-state index contributed by atoms with van der Waals surface area (Å²) in [5, 5.41) is 18.5. The van der Waals surface area contributed by atoms with E-state index in [2.05, 4.69) is 27.8 Å². The molecule has 5 nitrogen and oxygen atoms in total. The number of hydrogen-bond donors (Lipinski definition) is 1. The minimum Gasteiger partial charge on any atom is -0.493 e. The Morgan fingerprint density at radius 3 is 2.86 bits per heavy atom. The molecule has 1 fully saturated rings. The van der Waals surface area contributed by atoms with Crippen molar-refractivity contribution in [3.63, 3.8) is 0 Å². The van der Waals surface area contributed by atoms with Crippen LogP contribution in [-0.2, 0) is 6.61 Å². The maximum Gasteiger partial charge on any atom is 0.191 e. The number of rotatable bonds is 8. The van der Waals surface area contributed by atoms with Gasteiger partial charge in [-0.15, -0.1) is 10.2 Å². The minimum atomic E-state index is -0.0412. The Morgan fingerprint density at radius 1 is 1.32 bits per heavy atom. The standard InChI is InChI=1S/C16H21N3O2S/c1-12-5-2-3-6-14(12)21-9-4-10-22-16-18-17-15(11-20)19(16)13-7-8-13/h2-3,5-6,13,20H,4,7-11H2,1H3. The first-order valence-electron chi connectivity index (χ1n) is 7.65. The lowest BCUT2D eigenvalue weighted by Crippen LogP contribution is -2.04. The highest BCUT2D eigenvalue weighted by atomic mass is 32.2. The average molecular weight is 319 g/mol. The van der Waals surface area contributed by atoms with Crippen molar-refractivity contribution in [2.75, 3.05) is 12.4 Å². The van der Waals surface area contributed by atoms with Gasteiger partial charge in [-0.2, -0.15) is 0 Å². The average Bonchev–Trinajstić information content (AvgIpc) is 3.29. The Labute approximate surface area is 134 Å². The Kier molecular flexibility index (Phi) is 5.00. The zero-order valence-corrected chi connectivity index (χ0v) is 13.6. The molecule has 22 heavy (non-hydrogen) atoms. The topological polar surface area (TPSA) is 60.2 Å². The maximum absolute atomic E-state index is 9.32. The molecule has 0 aliphatic heterocycles. The van der Waals surface area contributed by atoms with Gasteiger partial charge in [-0.25, -0.2) is 0 Å². The van der Waals surface area contributed by atoms with Crippen molar-refractivity contribution >= 4 is 11.8 Å². The van der Waals surface area contributed by atoms with Crippen LogP contribution in [-0.4, -0.2) is 32.2 Å². The predicted octanol–water partition coefficient (Wildman–Crippen LogP) is 2.97. The molecule has 6 heteroatoms. The van der Waals surface area contributed by atoms with Gasteiger partial charge in [0.25, 0.3) is 0 Å². The molecule has 0 radical (unpaired) electrons. The maximum atomic E-state index is 9.32. The Morgan fingerprint density at radius 2 is 2.14 bits per heavy atom. The summed E-state index contributed by atoms with van der Waals surface area (Å²) in [7, 11) is 0. The van der Waals surface area contributed by atoms with Crippen LogP contribution in [0.2, 0.25) is 0 Å². The SMILES string of the molecule is Cc1ccccc1OCCCSc1nnc(CO)n1C1CC1. The number of aromatic nitrogens is 3. The van der Waals surface area contributed by atoms with E-state index in [9.17, 15) is 5.11 Å². The molecule has 1 N–H and O–H groups in total. The number of aliphatic hydroxyl groups excluding tert-OH is 1. The number of thioether (sulfide) groups is 1. The molecular formula is C16H21N3O2S. The molecule has 1 saturated carbocycles. The number of para-hydroxylation sites is 1. The summed E-state index contributed by atoms with van der Waals surface area (Å²) in [6.45, 7) is 2.71. The molecule has 2 aromatic rings. The monoisotopic (exact) mass is 319 g/mol. The molecule has 1 aliphatic carbocycles. The number of ether oxygens (including phenoxy) is 1. The van der Waals surface area contributed by atoms with Crippen molar-refractivity contribution in [3.8, 4) is 5.75 Å². The Hall–Kier alpha value is -1.53. The van der Waals surface area contributed by atoms with E-state index in [-0.39, 0.29) is 6.61 Å². The smallest absolute Gasteiger partial charge is 0.191 e. The molecular weight excluding hydrogens is 298 g/mol. The highest BCUT2D eigenvalue weighted by molar-refractivity contribution is 7.99. The van der Waals surface area contributed by atoms with E-state index in [1.54, 1.807) is 11.8 Å². The van der Waals surface area contributed by atoms with Gasteiger partial charge in [-0.1, -0.05) is 30.0 Å². The third kappa shape index (κ3) is 3.62. The normalized spacial score (nSPS) is 14.3. The fraction of sp³-hybridized carbons (Fsp3) is 0.500. The predicted molar refractivity (Wildman–Crippen MR) is 86.2 cm³/mol. The fourth-order valence-electron chi connectivity index (χ4n) is 2.34. The van der Waals surface area contributed by atoms with Gasteiger partial charge in [0.1, 0.15) is 12.4 Å². The third-order valence-corrected chi connectivity index (χ3v) is 4.69. The summed E-state index contributed by atoms with van der Waals surface area (Å²) in [6.07, 6.45) is 3.27. The quantitative estimate of drug-likeness (QED) is 0.599. The van der Waals surface area contributed by atoms with E-state index in [0.29, 0.717) is 18.5 Å². The zero-order valence-electron chi connectivity index (χ0n) is 12.7. The van der Waals surface area contributed by atoms with Crippen LogP contribution < -0.4 is 4.74 Å². The van der Waals surface area contributed by atoms with E-state index in [0.717, 1.165) is 41.5 Å². The van der Waals surface area contributed by atoms with Crippen LogP contribution in [0.25, 0.3) is 0 Å². The van der Waals surface area contributed by atoms with Crippen molar-refractivity contribution < 1.29 is 9.84 Å². The van der Waals surface area contributed by atoms with E-state index >= 15 is 0 Å². The first kappa shape index (κ1) is 15.4. The number of nitrogens with zero attached hydrogens (tertiary/aromatic N) is 3. The molecule has 0 atom stereocenters. The molecule has 0 bridgehead atoms. The van der Waals surface area contributed by atoms with Crippen LogP contribution in [0.1, 0.15) is 36.7 Å². The van der Waals surface area contributed by atoms with Crippen molar-refractivity contribution in [3.05, 3.63) is 35.7 Å². The lowest BCUT2D eigenvalue weighted by molar-refractivity contribution is 0.263. The molecule has 0 saturated heterocycles. The summed E-state index contributed by atoms with van der Waals surface area (Å²) in [5.74, 6) is 2.57. The van der Waals surface area contributed by atoms with Crippen molar-refractivity contribution in [1.29, 1.82) is 0 Å². The number of hydrogen-bond acceptors (Lipinski definition) is 5. The van der Waals surface area contributed by atoms with E-state index in [1.165, 1.54) is 0 Å². The third-order valence-electron chi connectivity index (χ3n) is 3.66. The summed E-state index contributed by atoms with van der Waals surface area (Å²) >= 11 is 1.69. The summed E-state index contributed by atoms with van der Waals surface area (Å²) < 4.78 is 7.89. The molecule has 0 spiro atoms. The molecule has 1 heterocycles. The van der Waals surface area contributed by atoms with Crippen LogP contribution >= 0.6 is 11.8 Å². The van der Waals surface area contributed by atoms with Gasteiger partial charge in [0.05, 0.1) is 6.61 Å². The number of benzene rings is 1. The van der Waals surface area contributed by atoms with Gasteiger partial charge < -0.3 is 14.4 Å². The first-order chi connectivity index (χ1) is 10.8. The van der Waals surface area contributed by atoms with Crippen LogP contribution in [0.3, 0.4) is 0 Å². The fourth-order valence-corrected chi connectivity index (χ4v) is 3.27. The van der Waals surface area contributed by atoms with Gasteiger partial charge in [-0.3, -0.25) is 0 Å². The molecule has 1 aliphatic rings. The second-order valence-electron chi connectivity index (χ2n) is 5.47. The first-order valence-corrected chi connectivity index (χ1v) is 8.64. The summed E-state index contributed by atoms with van der Waals surface area (Å²) in [6, 6.07) is 8.55. The lowest BCUT2D eigenvalue weighted by Gasteiger charge is -2.09. The lowest BCUT2D eigenvalue weighted by atomic mass is 10.2. The van der Waals surface area contributed by atoms with E-state index < -0.39 is 0 Å². The van der Waals surface area contributed by atoms with Crippen molar-refractivity contribution in [2.24, 2.45) is 0 Å². The second-order valence-corrected chi connectivity index (χ2v) is 6.54. The van der Waals surface area contributed by atoms with Crippen LogP contribution in [0.4, 0.5) is 0 Å². The molecule has 1 aromatic heterocycles. The molecule has 3 rings (SSSR count). The highest BCUT2D eigenvalue weighted by Gasteiger charge is 2.29. The molecule has 1 aromatic carbocycles. The minimum absolute atomic E-state index is 0.0412. The van der Waals surface area contributed by atoms with Crippen LogP contribution in [0.15, 0.2) is 29.4 Å². The van der Waals surface area contributed by atoms with Crippen molar-refractivity contribution in [1.82, 2.24) is 14.8 Å². The van der Waals surface area contributed by atoms with Crippen LogP contribution in [0.5, 0.6) is 5.75 Å². The van der Waals surface area contributed by atoms with Gasteiger partial charge in [0.15, 0.2) is 11.0 Å². The van der Waals surface area contributed by atoms with Gasteiger partial charge >= 0.3 is 0 Å². The number of aryl methyl sites for hydroxylation is 1. The van der Waals surface area contributed by atoms with Crippen molar-refractivity contribution in [2.45, 2.75) is 44.0 Å². The summed E-state index contributed by atoms with van der Waals surface area (Å²) in [5.41, 5.74) is 1.16. The molecule has 118 valence electrons. The van der Waals surface area contributed by atoms with Gasteiger partial charge in [0.2, 0.25) is 0 Å². The van der Waals surface area contributed by atoms with E-state index in [1.807, 2.05) is 18.2 Å². The van der Waals surface area contributed by atoms with Gasteiger partial charge in [0, 0.05) is 11.8 Å². The Bertz CT molecular complexity index is 626. The molecule has 0 unspecified atom stereocenters.